The minimum absolute atomic E-state index is 0.102. The molecule has 4 rings (SSSR count). The fourth-order valence-corrected chi connectivity index (χ4v) is 6.08. The van der Waals surface area contributed by atoms with Gasteiger partial charge < -0.3 is 0 Å². The third-order valence-electron chi connectivity index (χ3n) is 5.11. The standard InChI is InChI=1S/C17H22N4O3S2/c22-17-4-3-15(16-2-1-10-25-16)18-21(17)13-19-6-8-20(9-7-19)14-5-11-26(23,24)12-14/h1-4,10,14H,5-9,11-13H2/t14-/m0/s1. The quantitative estimate of drug-likeness (QED) is 0.761. The van der Waals surface area contributed by atoms with Gasteiger partial charge in [0.2, 0.25) is 0 Å². The maximum Gasteiger partial charge on any atom is 0.268 e. The Labute approximate surface area is 156 Å². The molecule has 0 aliphatic carbocycles. The molecule has 2 aromatic heterocycles. The van der Waals surface area contributed by atoms with Crippen molar-refractivity contribution < 1.29 is 8.42 Å². The van der Waals surface area contributed by atoms with Gasteiger partial charge in [0.05, 0.1) is 23.1 Å². The van der Waals surface area contributed by atoms with Gasteiger partial charge in [-0.2, -0.15) is 5.10 Å². The normalized spacial score (nSPS) is 24.1. The van der Waals surface area contributed by atoms with Crippen molar-refractivity contribution in [2.24, 2.45) is 0 Å². The number of hydrogen-bond donors (Lipinski definition) is 0. The van der Waals surface area contributed by atoms with E-state index in [-0.39, 0.29) is 17.4 Å². The van der Waals surface area contributed by atoms with Crippen LogP contribution < -0.4 is 5.56 Å². The van der Waals surface area contributed by atoms with Crippen molar-refractivity contribution in [2.45, 2.75) is 19.1 Å². The van der Waals surface area contributed by atoms with Crippen LogP contribution in [0, 0.1) is 0 Å². The van der Waals surface area contributed by atoms with E-state index in [0.29, 0.717) is 12.4 Å². The van der Waals surface area contributed by atoms with Gasteiger partial charge >= 0.3 is 0 Å². The summed E-state index contributed by atoms with van der Waals surface area (Å²) in [5.74, 6) is 0.601. The first-order chi connectivity index (χ1) is 12.5. The van der Waals surface area contributed by atoms with Gasteiger partial charge in [0, 0.05) is 38.3 Å². The summed E-state index contributed by atoms with van der Waals surface area (Å²) in [4.78, 5) is 17.7. The summed E-state index contributed by atoms with van der Waals surface area (Å²) < 4.78 is 24.9. The Hall–Kier alpha value is -1.55. The zero-order valence-electron chi connectivity index (χ0n) is 14.5. The minimum Gasteiger partial charge on any atom is -0.297 e. The predicted molar refractivity (Wildman–Crippen MR) is 102 cm³/mol. The Morgan fingerprint density at radius 2 is 1.96 bits per heavy atom. The average Bonchev–Trinajstić information content (AvgIpc) is 3.27. The lowest BCUT2D eigenvalue weighted by atomic mass is 10.2. The zero-order valence-corrected chi connectivity index (χ0v) is 16.1. The smallest absolute Gasteiger partial charge is 0.268 e. The Morgan fingerprint density at radius 3 is 2.62 bits per heavy atom. The molecule has 0 saturated carbocycles. The molecule has 2 aliphatic rings. The van der Waals surface area contributed by atoms with Crippen molar-refractivity contribution >= 4 is 21.2 Å². The molecule has 0 amide bonds. The Balaban J connectivity index is 1.39. The van der Waals surface area contributed by atoms with Gasteiger partial charge in [-0.15, -0.1) is 11.3 Å². The average molecular weight is 395 g/mol. The van der Waals surface area contributed by atoms with E-state index in [4.69, 9.17) is 0 Å². The second kappa shape index (κ2) is 7.22. The molecule has 0 N–H and O–H groups in total. The summed E-state index contributed by atoms with van der Waals surface area (Å²) in [6.45, 7) is 3.76. The molecule has 26 heavy (non-hydrogen) atoms. The summed E-state index contributed by atoms with van der Waals surface area (Å²) >= 11 is 1.60. The number of rotatable bonds is 4. The van der Waals surface area contributed by atoms with Gasteiger partial charge in [0.1, 0.15) is 5.69 Å². The molecule has 2 saturated heterocycles. The van der Waals surface area contributed by atoms with Crippen LogP contribution in [0.4, 0.5) is 0 Å². The maximum absolute atomic E-state index is 12.2. The van der Waals surface area contributed by atoms with Crippen molar-refractivity contribution in [2.75, 3.05) is 37.7 Å². The molecule has 9 heteroatoms. The van der Waals surface area contributed by atoms with Gasteiger partial charge in [0.15, 0.2) is 9.84 Å². The largest absolute Gasteiger partial charge is 0.297 e. The van der Waals surface area contributed by atoms with Crippen LogP contribution in [0.25, 0.3) is 10.6 Å². The summed E-state index contributed by atoms with van der Waals surface area (Å²) in [6, 6.07) is 7.46. The topological polar surface area (TPSA) is 75.5 Å². The molecule has 140 valence electrons. The van der Waals surface area contributed by atoms with Gasteiger partial charge in [-0.25, -0.2) is 13.1 Å². The van der Waals surface area contributed by atoms with Crippen LogP contribution in [0.2, 0.25) is 0 Å². The fraction of sp³-hybridized carbons (Fsp3) is 0.529. The highest BCUT2D eigenvalue weighted by Gasteiger charge is 2.33. The molecule has 0 radical (unpaired) electrons. The van der Waals surface area contributed by atoms with Crippen molar-refractivity contribution in [3.05, 3.63) is 40.0 Å². The highest BCUT2D eigenvalue weighted by atomic mass is 32.2. The molecule has 7 nitrogen and oxygen atoms in total. The first-order valence-corrected chi connectivity index (χ1v) is 11.5. The third-order valence-corrected chi connectivity index (χ3v) is 7.75. The molecule has 2 fully saturated rings. The van der Waals surface area contributed by atoms with E-state index in [0.717, 1.165) is 43.2 Å². The maximum atomic E-state index is 12.2. The lowest BCUT2D eigenvalue weighted by molar-refractivity contribution is 0.0800. The van der Waals surface area contributed by atoms with E-state index in [9.17, 15) is 13.2 Å². The monoisotopic (exact) mass is 394 g/mol. The number of hydrogen-bond acceptors (Lipinski definition) is 7. The van der Waals surface area contributed by atoms with E-state index >= 15 is 0 Å². The van der Waals surface area contributed by atoms with E-state index in [1.807, 2.05) is 17.5 Å². The lowest BCUT2D eigenvalue weighted by Crippen LogP contribution is -2.51. The highest BCUT2D eigenvalue weighted by molar-refractivity contribution is 7.91. The summed E-state index contributed by atoms with van der Waals surface area (Å²) in [5.41, 5.74) is 0.712. The minimum atomic E-state index is -2.85. The molecular weight excluding hydrogens is 372 g/mol. The molecule has 2 aliphatic heterocycles. The van der Waals surface area contributed by atoms with E-state index in [1.165, 1.54) is 4.68 Å². The predicted octanol–water partition coefficient (Wildman–Crippen LogP) is 0.734. The summed E-state index contributed by atoms with van der Waals surface area (Å²) in [6.07, 6.45) is 0.742. The van der Waals surface area contributed by atoms with Crippen LogP contribution in [0.3, 0.4) is 0 Å². The SMILES string of the molecule is O=c1ccc(-c2cccs2)nn1CN1CCN([C@H]2CCS(=O)(=O)C2)CC1. The first kappa shape index (κ1) is 17.8. The van der Waals surface area contributed by atoms with Crippen LogP contribution in [-0.4, -0.2) is 71.7 Å². The number of piperazine rings is 1. The molecular formula is C17H22N4O3S2. The number of thiophene rings is 1. The second-order valence-electron chi connectivity index (χ2n) is 6.89. The van der Waals surface area contributed by atoms with Crippen LogP contribution in [0.1, 0.15) is 6.42 Å². The van der Waals surface area contributed by atoms with Crippen LogP contribution >= 0.6 is 11.3 Å². The van der Waals surface area contributed by atoms with Crippen LogP contribution in [-0.2, 0) is 16.5 Å². The van der Waals surface area contributed by atoms with Crippen LogP contribution in [0.5, 0.6) is 0 Å². The first-order valence-electron chi connectivity index (χ1n) is 8.79. The van der Waals surface area contributed by atoms with Gasteiger partial charge in [-0.1, -0.05) is 6.07 Å². The van der Waals surface area contributed by atoms with Gasteiger partial charge in [-0.3, -0.25) is 14.6 Å². The Morgan fingerprint density at radius 1 is 1.15 bits per heavy atom. The molecule has 0 unspecified atom stereocenters. The molecule has 0 aromatic carbocycles. The fourth-order valence-electron chi connectivity index (χ4n) is 3.63. The number of sulfone groups is 1. The third kappa shape index (κ3) is 3.90. The number of nitrogens with zero attached hydrogens (tertiary/aromatic N) is 4. The lowest BCUT2D eigenvalue weighted by Gasteiger charge is -2.37. The number of aromatic nitrogens is 2. The van der Waals surface area contributed by atoms with E-state index in [2.05, 4.69) is 14.9 Å². The molecule has 1 atom stereocenters. The molecule has 0 bridgehead atoms. The Bertz CT molecular complexity index is 916. The summed E-state index contributed by atoms with van der Waals surface area (Å²) in [7, 11) is -2.85. The van der Waals surface area contributed by atoms with Crippen molar-refractivity contribution in [1.29, 1.82) is 0 Å². The molecule has 2 aromatic rings. The molecule has 0 spiro atoms. The van der Waals surface area contributed by atoms with E-state index in [1.54, 1.807) is 23.5 Å². The summed E-state index contributed by atoms with van der Waals surface area (Å²) in [5, 5.41) is 6.50. The second-order valence-corrected chi connectivity index (χ2v) is 10.1. The zero-order chi connectivity index (χ0) is 18.1. The van der Waals surface area contributed by atoms with Crippen LogP contribution in [0.15, 0.2) is 34.4 Å². The van der Waals surface area contributed by atoms with Crippen molar-refractivity contribution in [3.8, 4) is 10.6 Å². The Kier molecular flexibility index (Phi) is 4.96. The van der Waals surface area contributed by atoms with E-state index < -0.39 is 9.84 Å². The molecule has 4 heterocycles. The van der Waals surface area contributed by atoms with Crippen molar-refractivity contribution in [1.82, 2.24) is 19.6 Å². The highest BCUT2D eigenvalue weighted by Crippen LogP contribution is 2.21. The van der Waals surface area contributed by atoms with Crippen molar-refractivity contribution in [3.63, 3.8) is 0 Å². The van der Waals surface area contributed by atoms with Gasteiger partial charge in [-0.05, 0) is 23.9 Å². The van der Waals surface area contributed by atoms with Gasteiger partial charge in [0.25, 0.3) is 5.56 Å².